The Balaban J connectivity index is 0.000000231. The highest BCUT2D eigenvalue weighted by Crippen LogP contribution is 2.08. The first-order valence-electron chi connectivity index (χ1n) is 7.92. The van der Waals surface area contributed by atoms with Gasteiger partial charge in [-0.15, -0.1) is 0 Å². The van der Waals surface area contributed by atoms with Crippen LogP contribution in [0, 0.1) is 6.92 Å². The van der Waals surface area contributed by atoms with E-state index in [0.717, 1.165) is 18.5 Å². The standard InChI is InChI=1S/C10H18N2.C7H8O3S/c1-3-5-8-12-9-7-11-10(12)6-4-2;1-6-2-4-7(5-3-6)11(8,9)10/h7,9H,3-6,8H2,1-2H3;2-5H,1H3,(H,8,9,10). The SMILES string of the molecule is CCCCn1ccnc1CCC.Cc1ccc(S(=O)(=O)O)cc1. The van der Waals surface area contributed by atoms with Crippen molar-refractivity contribution in [3.8, 4) is 0 Å². The molecule has 0 aliphatic heterocycles. The van der Waals surface area contributed by atoms with E-state index in [4.69, 9.17) is 4.55 Å². The molecule has 6 heteroatoms. The Labute approximate surface area is 139 Å². The largest absolute Gasteiger partial charge is 0.335 e. The zero-order chi connectivity index (χ0) is 17.3. The van der Waals surface area contributed by atoms with Crippen LogP contribution in [0.2, 0.25) is 0 Å². The molecule has 0 aliphatic rings. The van der Waals surface area contributed by atoms with Crippen molar-refractivity contribution in [3.05, 3.63) is 48.0 Å². The molecule has 1 N–H and O–H groups in total. The van der Waals surface area contributed by atoms with E-state index in [-0.39, 0.29) is 4.90 Å². The minimum Gasteiger partial charge on any atom is -0.335 e. The summed E-state index contributed by atoms with van der Waals surface area (Å²) in [5.41, 5.74) is 0.956. The number of unbranched alkanes of at least 4 members (excludes halogenated alkanes) is 1. The molecule has 1 aromatic carbocycles. The van der Waals surface area contributed by atoms with Gasteiger partial charge in [0, 0.05) is 25.4 Å². The quantitative estimate of drug-likeness (QED) is 0.811. The third kappa shape index (κ3) is 6.97. The Morgan fingerprint density at radius 1 is 1.13 bits per heavy atom. The van der Waals surface area contributed by atoms with Gasteiger partial charge >= 0.3 is 0 Å². The van der Waals surface area contributed by atoms with Crippen LogP contribution in [0.4, 0.5) is 0 Å². The van der Waals surface area contributed by atoms with Gasteiger partial charge in [0.25, 0.3) is 10.1 Å². The predicted octanol–water partition coefficient (Wildman–Crippen LogP) is 3.88. The Hall–Kier alpha value is -1.66. The number of hydrogen-bond acceptors (Lipinski definition) is 3. The fourth-order valence-corrected chi connectivity index (χ4v) is 2.51. The first-order valence-corrected chi connectivity index (χ1v) is 9.36. The van der Waals surface area contributed by atoms with Gasteiger partial charge in [-0.2, -0.15) is 8.42 Å². The molecule has 0 unspecified atom stereocenters. The molecule has 1 heterocycles. The third-order valence-electron chi connectivity index (χ3n) is 3.35. The average molecular weight is 338 g/mol. The van der Waals surface area contributed by atoms with Crippen LogP contribution in [-0.4, -0.2) is 22.5 Å². The number of nitrogens with zero attached hydrogens (tertiary/aromatic N) is 2. The third-order valence-corrected chi connectivity index (χ3v) is 4.21. The Bertz CT molecular complexity index is 676. The second-order valence-corrected chi connectivity index (χ2v) is 6.85. The van der Waals surface area contributed by atoms with Gasteiger partial charge in [-0.1, -0.05) is 38.0 Å². The van der Waals surface area contributed by atoms with Crippen LogP contribution >= 0.6 is 0 Å². The number of imidazole rings is 1. The van der Waals surface area contributed by atoms with E-state index in [1.165, 1.54) is 37.2 Å². The maximum atomic E-state index is 10.5. The van der Waals surface area contributed by atoms with E-state index >= 15 is 0 Å². The van der Waals surface area contributed by atoms with Crippen molar-refractivity contribution in [1.29, 1.82) is 0 Å². The lowest BCUT2D eigenvalue weighted by atomic mass is 10.2. The molecule has 0 fully saturated rings. The van der Waals surface area contributed by atoms with Crippen molar-refractivity contribution in [3.63, 3.8) is 0 Å². The number of aryl methyl sites for hydroxylation is 3. The van der Waals surface area contributed by atoms with Gasteiger partial charge < -0.3 is 4.57 Å². The molecular weight excluding hydrogens is 312 g/mol. The zero-order valence-electron chi connectivity index (χ0n) is 14.1. The highest BCUT2D eigenvalue weighted by atomic mass is 32.2. The Morgan fingerprint density at radius 3 is 2.30 bits per heavy atom. The van der Waals surface area contributed by atoms with Crippen molar-refractivity contribution in [2.75, 3.05) is 0 Å². The summed E-state index contributed by atoms with van der Waals surface area (Å²) in [6.07, 6.45) is 8.79. The summed E-state index contributed by atoms with van der Waals surface area (Å²) in [4.78, 5) is 4.26. The summed E-state index contributed by atoms with van der Waals surface area (Å²) in [7, 11) is -4.02. The second kappa shape index (κ2) is 9.47. The van der Waals surface area contributed by atoms with Gasteiger partial charge in [0.2, 0.25) is 0 Å². The van der Waals surface area contributed by atoms with Crippen molar-refractivity contribution in [1.82, 2.24) is 9.55 Å². The minimum absolute atomic E-state index is 0.0666. The first kappa shape index (κ1) is 19.4. The van der Waals surface area contributed by atoms with E-state index < -0.39 is 10.1 Å². The Kier molecular flexibility index (Phi) is 7.98. The van der Waals surface area contributed by atoms with Crippen molar-refractivity contribution >= 4 is 10.1 Å². The molecule has 0 amide bonds. The molecule has 1 aromatic heterocycles. The van der Waals surface area contributed by atoms with Crippen molar-refractivity contribution in [2.24, 2.45) is 0 Å². The van der Waals surface area contributed by atoms with Crippen LogP contribution in [0.3, 0.4) is 0 Å². The summed E-state index contributed by atoms with van der Waals surface area (Å²) in [6, 6.07) is 5.99. The second-order valence-electron chi connectivity index (χ2n) is 5.43. The normalized spacial score (nSPS) is 11.0. The molecule has 23 heavy (non-hydrogen) atoms. The van der Waals surface area contributed by atoms with Crippen LogP contribution < -0.4 is 0 Å². The van der Waals surface area contributed by atoms with Crippen LogP contribution in [0.5, 0.6) is 0 Å². The smallest absolute Gasteiger partial charge is 0.294 e. The fraction of sp³-hybridized carbons (Fsp3) is 0.471. The topological polar surface area (TPSA) is 72.2 Å². The molecule has 0 saturated carbocycles. The molecule has 128 valence electrons. The highest BCUT2D eigenvalue weighted by Gasteiger charge is 2.06. The van der Waals surface area contributed by atoms with Crippen molar-refractivity contribution < 1.29 is 13.0 Å². The highest BCUT2D eigenvalue weighted by molar-refractivity contribution is 7.85. The van der Waals surface area contributed by atoms with E-state index in [1.807, 2.05) is 13.1 Å². The molecule has 0 bridgehead atoms. The molecule has 0 atom stereocenters. The summed E-state index contributed by atoms with van der Waals surface area (Å²) in [6.45, 7) is 7.38. The lowest BCUT2D eigenvalue weighted by Gasteiger charge is -2.04. The summed E-state index contributed by atoms with van der Waals surface area (Å²) >= 11 is 0. The molecule has 5 nitrogen and oxygen atoms in total. The lowest BCUT2D eigenvalue weighted by Crippen LogP contribution is -2.02. The predicted molar refractivity (Wildman–Crippen MR) is 92.1 cm³/mol. The fourth-order valence-electron chi connectivity index (χ4n) is 2.03. The summed E-state index contributed by atoms with van der Waals surface area (Å²) in [5, 5.41) is 0. The van der Waals surface area contributed by atoms with Crippen LogP contribution in [-0.2, 0) is 23.1 Å². The number of hydrogen-bond donors (Lipinski definition) is 1. The molecule has 2 aromatic rings. The Morgan fingerprint density at radius 2 is 1.78 bits per heavy atom. The van der Waals surface area contributed by atoms with Gasteiger partial charge in [-0.05, 0) is 31.9 Å². The van der Waals surface area contributed by atoms with E-state index in [0.29, 0.717) is 0 Å². The molecule has 0 radical (unpaired) electrons. The van der Waals surface area contributed by atoms with Crippen LogP contribution in [0.15, 0.2) is 41.6 Å². The number of aromatic nitrogens is 2. The molecule has 0 spiro atoms. The van der Waals surface area contributed by atoms with Crippen LogP contribution in [0.1, 0.15) is 44.5 Å². The minimum atomic E-state index is -4.02. The molecule has 0 saturated heterocycles. The lowest BCUT2D eigenvalue weighted by molar-refractivity contribution is 0.483. The van der Waals surface area contributed by atoms with Gasteiger partial charge in [0.1, 0.15) is 5.82 Å². The van der Waals surface area contributed by atoms with Gasteiger partial charge in [-0.3, -0.25) is 4.55 Å². The van der Waals surface area contributed by atoms with E-state index in [9.17, 15) is 8.42 Å². The monoisotopic (exact) mass is 338 g/mol. The van der Waals surface area contributed by atoms with Gasteiger partial charge in [0.05, 0.1) is 4.90 Å². The maximum absolute atomic E-state index is 10.5. The van der Waals surface area contributed by atoms with Gasteiger partial charge in [0.15, 0.2) is 0 Å². The van der Waals surface area contributed by atoms with Gasteiger partial charge in [-0.25, -0.2) is 4.98 Å². The molecule has 0 aliphatic carbocycles. The van der Waals surface area contributed by atoms with Crippen molar-refractivity contribution in [2.45, 2.75) is 57.9 Å². The number of benzene rings is 1. The molecule has 2 rings (SSSR count). The average Bonchev–Trinajstić information content (AvgIpc) is 2.93. The van der Waals surface area contributed by atoms with E-state index in [2.05, 4.69) is 29.6 Å². The summed E-state index contributed by atoms with van der Waals surface area (Å²) < 4.78 is 31.8. The van der Waals surface area contributed by atoms with E-state index in [1.54, 1.807) is 12.1 Å². The summed E-state index contributed by atoms with van der Waals surface area (Å²) in [5.74, 6) is 1.24. The van der Waals surface area contributed by atoms with Crippen LogP contribution in [0.25, 0.3) is 0 Å². The zero-order valence-corrected chi connectivity index (χ0v) is 14.9. The molecular formula is C17H26N2O3S. The first-order chi connectivity index (χ1) is 10.9. The number of rotatable bonds is 6. The maximum Gasteiger partial charge on any atom is 0.294 e.